The van der Waals surface area contributed by atoms with E-state index < -0.39 is 5.41 Å². The number of hydrogen-bond acceptors (Lipinski definition) is 4. The molecule has 0 N–H and O–H groups in total. The summed E-state index contributed by atoms with van der Waals surface area (Å²) in [6, 6.07) is 86.8. The standard InChI is InChI=1S/C75H68BN3O/c1-5-8-20-53-30-36-56(37-31-53)57-38-40-58(41-39-57)74-77-67-51-69-66(50-72(67)80-74)76-65-47-52(4)29-46-68(65)78(63-42-32-54(33-43-63)21-9-6-2)70-48-62(49-71(73(70)76)79(69)64-44-34-55(35-45-64)22-10-7-3)75(59-23-14-11-15-24-59,60-25-16-12-17-26-60)61-27-18-13-19-28-61/h11-19,23-51H,5-10,20-22H2,1-4H3. The largest absolute Gasteiger partial charge is 0.436 e. The third-order valence-electron chi connectivity index (χ3n) is 17.0. The van der Waals surface area contributed by atoms with Crippen LogP contribution in [0.4, 0.5) is 34.1 Å². The molecule has 0 bridgehead atoms. The maximum atomic E-state index is 6.95. The van der Waals surface area contributed by atoms with E-state index in [1.807, 2.05) is 0 Å². The molecule has 0 fully saturated rings. The fourth-order valence-corrected chi connectivity index (χ4v) is 12.9. The SMILES string of the molecule is CCCCc1ccc(-c2ccc(-c3nc4cc5c(cc4o3)B3c4cc(C)ccc4N(c4ccc(CCCC)cc4)c4cc(C(c6ccccc6)(c6ccccc6)c6ccccc6)cc(c43)N5c3ccc(CCCC)cc3)cc2)cc1. The van der Waals surface area contributed by atoms with Crippen LogP contribution in [0, 0.1) is 6.92 Å². The van der Waals surface area contributed by atoms with Crippen molar-refractivity contribution in [1.82, 2.24) is 4.98 Å². The Morgan fingerprint density at radius 3 is 1.34 bits per heavy atom. The highest BCUT2D eigenvalue weighted by atomic mass is 16.3. The van der Waals surface area contributed by atoms with Gasteiger partial charge in [0.05, 0.1) is 5.41 Å². The highest BCUT2D eigenvalue weighted by Gasteiger charge is 2.47. The van der Waals surface area contributed by atoms with Gasteiger partial charge in [0.2, 0.25) is 5.89 Å². The topological polar surface area (TPSA) is 32.5 Å². The maximum Gasteiger partial charge on any atom is 0.252 e. The summed E-state index contributed by atoms with van der Waals surface area (Å²) < 4.78 is 6.95. The van der Waals surface area contributed by atoms with Crippen LogP contribution < -0.4 is 26.2 Å². The molecule has 0 atom stereocenters. The van der Waals surface area contributed by atoms with E-state index in [1.54, 1.807) is 0 Å². The van der Waals surface area contributed by atoms with Crippen molar-refractivity contribution in [2.45, 2.75) is 90.9 Å². The van der Waals surface area contributed by atoms with Crippen molar-refractivity contribution in [1.29, 1.82) is 0 Å². The summed E-state index contributed by atoms with van der Waals surface area (Å²) in [6.07, 6.45) is 10.3. The van der Waals surface area contributed by atoms with Crippen LogP contribution >= 0.6 is 0 Å². The molecule has 392 valence electrons. The van der Waals surface area contributed by atoms with Crippen molar-refractivity contribution < 1.29 is 4.42 Å². The van der Waals surface area contributed by atoms with Crippen molar-refractivity contribution >= 4 is 68.3 Å². The van der Waals surface area contributed by atoms with Crippen LogP contribution in [0.3, 0.4) is 0 Å². The minimum absolute atomic E-state index is 0.135. The molecule has 0 saturated carbocycles. The molecule has 2 aliphatic heterocycles. The van der Waals surface area contributed by atoms with Crippen LogP contribution in [0.15, 0.2) is 235 Å². The van der Waals surface area contributed by atoms with Gasteiger partial charge < -0.3 is 14.2 Å². The summed E-state index contributed by atoms with van der Waals surface area (Å²) in [6.45, 7) is 8.89. The van der Waals surface area contributed by atoms with E-state index in [2.05, 4.69) is 268 Å². The van der Waals surface area contributed by atoms with Crippen molar-refractivity contribution in [2.75, 3.05) is 9.80 Å². The van der Waals surface area contributed by atoms with Gasteiger partial charge in [-0.15, -0.1) is 0 Å². The van der Waals surface area contributed by atoms with Crippen LogP contribution in [0.5, 0.6) is 0 Å². The Morgan fingerprint density at radius 1 is 0.412 bits per heavy atom. The molecular formula is C75H68BN3O. The van der Waals surface area contributed by atoms with Gasteiger partial charge in [0.25, 0.3) is 6.71 Å². The Hall–Kier alpha value is -8.67. The zero-order valence-electron chi connectivity index (χ0n) is 46.6. The van der Waals surface area contributed by atoms with Crippen molar-refractivity contribution in [2.24, 2.45) is 0 Å². The molecule has 13 rings (SSSR count). The maximum absolute atomic E-state index is 6.95. The highest BCUT2D eigenvalue weighted by molar-refractivity contribution is 7.00. The number of nitrogens with zero attached hydrogens (tertiary/aromatic N) is 3. The van der Waals surface area contributed by atoms with Gasteiger partial charge in [-0.05, 0) is 179 Å². The second kappa shape index (κ2) is 21.9. The number of fused-ring (bicyclic) bond motifs is 5. The quantitative estimate of drug-likeness (QED) is 0.0672. The summed E-state index contributed by atoms with van der Waals surface area (Å²) in [7, 11) is 0. The van der Waals surface area contributed by atoms with E-state index in [1.165, 1.54) is 90.6 Å². The number of hydrogen-bond donors (Lipinski definition) is 0. The number of aryl methyl sites for hydroxylation is 4. The van der Waals surface area contributed by atoms with Gasteiger partial charge >= 0.3 is 0 Å². The summed E-state index contributed by atoms with van der Waals surface area (Å²) in [4.78, 5) is 10.5. The van der Waals surface area contributed by atoms with Crippen molar-refractivity contribution in [3.05, 3.63) is 275 Å². The molecule has 11 aromatic rings. The first kappa shape index (κ1) is 50.8. The molecule has 0 aliphatic carbocycles. The molecule has 0 saturated heterocycles. The van der Waals surface area contributed by atoms with Crippen LogP contribution in [0.1, 0.15) is 104 Å². The fraction of sp³-hybridized carbons (Fsp3) is 0.187. The summed E-state index contributed by atoms with van der Waals surface area (Å²) in [5.41, 5.74) is 24.9. The van der Waals surface area contributed by atoms with Gasteiger partial charge in [0.1, 0.15) is 5.52 Å². The summed E-state index contributed by atoms with van der Waals surface area (Å²) >= 11 is 0. The molecular weight excluding hydrogens is 970 g/mol. The van der Waals surface area contributed by atoms with E-state index in [-0.39, 0.29) is 6.71 Å². The van der Waals surface area contributed by atoms with Gasteiger partial charge in [-0.2, -0.15) is 0 Å². The van der Waals surface area contributed by atoms with Crippen LogP contribution in [-0.4, -0.2) is 11.7 Å². The Balaban J connectivity index is 1.08. The lowest BCUT2D eigenvalue weighted by molar-refractivity contribution is 0.620. The normalized spacial score (nSPS) is 12.6. The zero-order chi connectivity index (χ0) is 54.2. The average Bonchev–Trinajstić information content (AvgIpc) is 4.08. The molecule has 0 amide bonds. The Bertz CT molecular complexity index is 3850. The van der Waals surface area contributed by atoms with Gasteiger partial charge in [0.15, 0.2) is 5.58 Å². The second-order valence-electron chi connectivity index (χ2n) is 22.3. The lowest BCUT2D eigenvalue weighted by Crippen LogP contribution is -2.61. The van der Waals surface area contributed by atoms with E-state index in [0.717, 1.165) is 90.0 Å². The average molecular weight is 1040 g/mol. The first-order chi connectivity index (χ1) is 39.4. The number of benzene rings is 10. The molecule has 5 heteroatoms. The molecule has 80 heavy (non-hydrogen) atoms. The Labute approximate surface area is 473 Å². The predicted octanol–water partition coefficient (Wildman–Crippen LogP) is 18.0. The highest BCUT2D eigenvalue weighted by Crippen LogP contribution is 2.51. The third-order valence-corrected chi connectivity index (χ3v) is 17.0. The number of oxazole rings is 1. The van der Waals surface area contributed by atoms with E-state index in [4.69, 9.17) is 9.40 Å². The molecule has 4 nitrogen and oxygen atoms in total. The minimum Gasteiger partial charge on any atom is -0.436 e. The van der Waals surface area contributed by atoms with Gasteiger partial charge in [0, 0.05) is 39.7 Å². The summed E-state index contributed by atoms with van der Waals surface area (Å²) in [5.74, 6) is 0.614. The molecule has 2 aliphatic rings. The molecule has 0 unspecified atom stereocenters. The van der Waals surface area contributed by atoms with Crippen LogP contribution in [-0.2, 0) is 24.7 Å². The van der Waals surface area contributed by atoms with Crippen molar-refractivity contribution in [3.8, 4) is 22.6 Å². The second-order valence-corrected chi connectivity index (χ2v) is 22.3. The first-order valence-corrected chi connectivity index (χ1v) is 29.3. The molecule has 3 heterocycles. The lowest BCUT2D eigenvalue weighted by atomic mass is 9.33. The number of anilines is 6. The lowest BCUT2D eigenvalue weighted by Gasteiger charge is -2.46. The van der Waals surface area contributed by atoms with Gasteiger partial charge in [-0.3, -0.25) is 0 Å². The third kappa shape index (κ3) is 9.13. The number of unbranched alkanes of at least 4 members (excludes halogenated alkanes) is 3. The minimum atomic E-state index is -0.720. The summed E-state index contributed by atoms with van der Waals surface area (Å²) in [5, 5.41) is 0. The van der Waals surface area contributed by atoms with Gasteiger partial charge in [-0.1, -0.05) is 209 Å². The Morgan fingerprint density at radius 2 is 0.850 bits per heavy atom. The van der Waals surface area contributed by atoms with Crippen LogP contribution in [0.25, 0.3) is 33.7 Å². The zero-order valence-corrected chi connectivity index (χ0v) is 46.6. The van der Waals surface area contributed by atoms with E-state index >= 15 is 0 Å². The predicted molar refractivity (Wildman–Crippen MR) is 338 cm³/mol. The van der Waals surface area contributed by atoms with Gasteiger partial charge in [-0.25, -0.2) is 4.98 Å². The molecule has 10 aromatic carbocycles. The van der Waals surface area contributed by atoms with Crippen molar-refractivity contribution in [3.63, 3.8) is 0 Å². The van der Waals surface area contributed by atoms with Crippen LogP contribution in [0.2, 0.25) is 0 Å². The number of aromatic nitrogens is 1. The first-order valence-electron chi connectivity index (χ1n) is 29.3. The monoisotopic (exact) mass is 1040 g/mol. The molecule has 0 radical (unpaired) electrons. The van der Waals surface area contributed by atoms with E-state index in [0.29, 0.717) is 5.89 Å². The number of rotatable bonds is 17. The molecule has 1 aromatic heterocycles. The Kier molecular flexibility index (Phi) is 13.9. The fourth-order valence-electron chi connectivity index (χ4n) is 12.9. The molecule has 0 spiro atoms. The van der Waals surface area contributed by atoms with E-state index in [9.17, 15) is 0 Å². The smallest absolute Gasteiger partial charge is 0.252 e.